The van der Waals surface area contributed by atoms with E-state index in [1.807, 2.05) is 12.1 Å². The zero-order valence-corrected chi connectivity index (χ0v) is 11.3. The Morgan fingerprint density at radius 2 is 1.89 bits per heavy atom. The third kappa shape index (κ3) is 3.14. The number of nitrogens with one attached hydrogen (secondary N) is 1. The molecular weight excluding hydrogens is 261 g/mol. The summed E-state index contributed by atoms with van der Waals surface area (Å²) in [7, 11) is 0. The van der Waals surface area contributed by atoms with Crippen LogP contribution in [0.5, 0.6) is 0 Å². The normalized spacial score (nSPS) is 14.6. The minimum absolute atomic E-state index is 0.166. The highest BCUT2D eigenvalue weighted by molar-refractivity contribution is 6.31. The van der Waals surface area contributed by atoms with Crippen molar-refractivity contribution in [3.63, 3.8) is 0 Å². The average Bonchev–Trinajstić information content (AvgIpc) is 3.24. The first-order chi connectivity index (χ1) is 9.22. The molecule has 0 heterocycles. The van der Waals surface area contributed by atoms with Gasteiger partial charge in [0.05, 0.1) is 5.02 Å². The molecule has 19 heavy (non-hydrogen) atoms. The van der Waals surface area contributed by atoms with Crippen LogP contribution in [-0.2, 0) is 6.54 Å². The van der Waals surface area contributed by atoms with Gasteiger partial charge < -0.3 is 5.32 Å². The van der Waals surface area contributed by atoms with E-state index < -0.39 is 0 Å². The summed E-state index contributed by atoms with van der Waals surface area (Å²) in [4.78, 5) is 0. The van der Waals surface area contributed by atoms with Gasteiger partial charge in [0.25, 0.3) is 0 Å². The van der Waals surface area contributed by atoms with Crippen LogP contribution in [0.1, 0.15) is 18.4 Å². The highest BCUT2D eigenvalue weighted by Crippen LogP contribution is 2.26. The summed E-state index contributed by atoms with van der Waals surface area (Å²) >= 11 is 5.83. The van der Waals surface area contributed by atoms with E-state index in [1.54, 1.807) is 12.1 Å². The van der Waals surface area contributed by atoms with E-state index in [9.17, 15) is 4.39 Å². The molecule has 0 aromatic heterocycles. The number of rotatable bonds is 4. The van der Waals surface area contributed by atoms with E-state index in [2.05, 4.69) is 17.4 Å². The average molecular weight is 276 g/mol. The van der Waals surface area contributed by atoms with Gasteiger partial charge in [-0.05, 0) is 47.7 Å². The molecule has 0 radical (unpaired) electrons. The number of halogens is 2. The highest BCUT2D eigenvalue weighted by atomic mass is 35.5. The zero-order chi connectivity index (χ0) is 13.2. The quantitative estimate of drug-likeness (QED) is 0.872. The predicted molar refractivity (Wildman–Crippen MR) is 76.7 cm³/mol. The summed E-state index contributed by atoms with van der Waals surface area (Å²) < 4.78 is 13.2. The molecule has 1 fully saturated rings. The van der Waals surface area contributed by atoms with Crippen LogP contribution in [0.4, 0.5) is 4.39 Å². The van der Waals surface area contributed by atoms with E-state index in [4.69, 9.17) is 11.6 Å². The molecule has 2 aromatic rings. The zero-order valence-electron chi connectivity index (χ0n) is 10.5. The topological polar surface area (TPSA) is 12.0 Å². The van der Waals surface area contributed by atoms with Crippen molar-refractivity contribution in [2.75, 3.05) is 0 Å². The maximum atomic E-state index is 13.2. The first-order valence-corrected chi connectivity index (χ1v) is 6.88. The van der Waals surface area contributed by atoms with Gasteiger partial charge in [0.15, 0.2) is 0 Å². The molecule has 1 saturated carbocycles. The van der Waals surface area contributed by atoms with Gasteiger partial charge in [0.2, 0.25) is 0 Å². The Hall–Kier alpha value is -1.38. The van der Waals surface area contributed by atoms with Gasteiger partial charge in [0, 0.05) is 12.6 Å². The Bertz CT molecular complexity index is 593. The van der Waals surface area contributed by atoms with Crippen molar-refractivity contribution >= 4 is 11.6 Å². The van der Waals surface area contributed by atoms with Crippen molar-refractivity contribution in [2.24, 2.45) is 0 Å². The van der Waals surface area contributed by atoms with Crippen LogP contribution in [0.15, 0.2) is 42.5 Å². The lowest BCUT2D eigenvalue weighted by Crippen LogP contribution is -2.15. The molecule has 2 aromatic carbocycles. The monoisotopic (exact) mass is 275 g/mol. The summed E-state index contributed by atoms with van der Waals surface area (Å²) in [6.45, 7) is 0.882. The van der Waals surface area contributed by atoms with Crippen molar-refractivity contribution in [3.8, 4) is 11.1 Å². The Balaban J connectivity index is 1.82. The van der Waals surface area contributed by atoms with Crippen molar-refractivity contribution < 1.29 is 4.39 Å². The fourth-order valence-corrected chi connectivity index (χ4v) is 2.27. The van der Waals surface area contributed by atoms with Crippen LogP contribution in [0.3, 0.4) is 0 Å². The molecule has 1 nitrogen and oxygen atoms in total. The fourth-order valence-electron chi connectivity index (χ4n) is 2.09. The molecule has 1 aliphatic rings. The molecule has 98 valence electrons. The molecule has 0 bridgehead atoms. The summed E-state index contributed by atoms with van der Waals surface area (Å²) in [6, 6.07) is 13.8. The van der Waals surface area contributed by atoms with Crippen LogP contribution in [-0.4, -0.2) is 6.04 Å². The maximum absolute atomic E-state index is 13.2. The van der Waals surface area contributed by atoms with Crippen LogP contribution >= 0.6 is 11.6 Å². The molecule has 0 aliphatic heterocycles. The molecule has 3 rings (SSSR count). The van der Waals surface area contributed by atoms with E-state index in [0.717, 1.165) is 17.7 Å². The Labute approximate surface area is 117 Å². The second-order valence-electron chi connectivity index (χ2n) is 4.98. The van der Waals surface area contributed by atoms with Gasteiger partial charge in [-0.15, -0.1) is 0 Å². The Kier molecular flexibility index (Phi) is 3.54. The lowest BCUT2D eigenvalue weighted by atomic mass is 10.0. The first-order valence-electron chi connectivity index (χ1n) is 6.50. The van der Waals surface area contributed by atoms with Crippen LogP contribution in [0.2, 0.25) is 5.02 Å². The molecule has 0 amide bonds. The molecule has 3 heteroatoms. The lowest BCUT2D eigenvalue weighted by Gasteiger charge is -2.07. The molecule has 0 spiro atoms. The van der Waals surface area contributed by atoms with E-state index in [1.165, 1.54) is 24.5 Å². The molecule has 1 N–H and O–H groups in total. The Morgan fingerprint density at radius 3 is 2.63 bits per heavy atom. The van der Waals surface area contributed by atoms with Crippen LogP contribution in [0, 0.1) is 5.82 Å². The van der Waals surface area contributed by atoms with Crippen molar-refractivity contribution in [2.45, 2.75) is 25.4 Å². The third-order valence-electron chi connectivity index (χ3n) is 3.35. The SMILES string of the molecule is Fc1ccc(-c2cccc(CNC3CC3)c2)cc1Cl. The number of benzene rings is 2. The molecule has 1 aliphatic carbocycles. The summed E-state index contributed by atoms with van der Waals surface area (Å²) in [5.74, 6) is -0.378. The minimum Gasteiger partial charge on any atom is -0.310 e. The largest absolute Gasteiger partial charge is 0.310 e. The van der Waals surface area contributed by atoms with Gasteiger partial charge in [0.1, 0.15) is 5.82 Å². The summed E-state index contributed by atoms with van der Waals surface area (Å²) in [5.41, 5.74) is 3.25. The minimum atomic E-state index is -0.378. The molecule has 0 atom stereocenters. The highest BCUT2D eigenvalue weighted by Gasteiger charge is 2.19. The fraction of sp³-hybridized carbons (Fsp3) is 0.250. The van der Waals surface area contributed by atoms with E-state index in [-0.39, 0.29) is 10.8 Å². The smallest absolute Gasteiger partial charge is 0.141 e. The van der Waals surface area contributed by atoms with Gasteiger partial charge in [-0.2, -0.15) is 0 Å². The van der Waals surface area contributed by atoms with Crippen LogP contribution in [0.25, 0.3) is 11.1 Å². The van der Waals surface area contributed by atoms with Gasteiger partial charge in [-0.3, -0.25) is 0 Å². The van der Waals surface area contributed by atoms with E-state index in [0.29, 0.717) is 6.04 Å². The standard InChI is InChI=1S/C16H15ClFN/c17-15-9-13(4-7-16(15)18)12-3-1-2-11(8-12)10-19-14-5-6-14/h1-4,7-9,14,19H,5-6,10H2. The van der Waals surface area contributed by atoms with Crippen molar-refractivity contribution in [3.05, 3.63) is 58.9 Å². The Morgan fingerprint density at radius 1 is 1.11 bits per heavy atom. The second kappa shape index (κ2) is 5.32. The van der Waals surface area contributed by atoms with Crippen molar-refractivity contribution in [1.29, 1.82) is 0 Å². The molecule has 0 unspecified atom stereocenters. The first kappa shape index (κ1) is 12.6. The number of hydrogen-bond donors (Lipinski definition) is 1. The maximum Gasteiger partial charge on any atom is 0.141 e. The van der Waals surface area contributed by atoms with Gasteiger partial charge >= 0.3 is 0 Å². The molecule has 0 saturated heterocycles. The second-order valence-corrected chi connectivity index (χ2v) is 5.39. The predicted octanol–water partition coefficient (Wildman–Crippen LogP) is 4.40. The van der Waals surface area contributed by atoms with Crippen LogP contribution < -0.4 is 5.32 Å². The molecular formula is C16H15ClFN. The van der Waals surface area contributed by atoms with Crippen molar-refractivity contribution in [1.82, 2.24) is 5.32 Å². The number of hydrogen-bond acceptors (Lipinski definition) is 1. The van der Waals surface area contributed by atoms with Gasteiger partial charge in [-0.1, -0.05) is 35.9 Å². The summed E-state index contributed by atoms with van der Waals surface area (Å²) in [6.07, 6.45) is 2.57. The van der Waals surface area contributed by atoms with E-state index >= 15 is 0 Å². The third-order valence-corrected chi connectivity index (χ3v) is 3.64. The lowest BCUT2D eigenvalue weighted by molar-refractivity contribution is 0.628. The van der Waals surface area contributed by atoms with Gasteiger partial charge in [-0.25, -0.2) is 4.39 Å². The summed E-state index contributed by atoms with van der Waals surface area (Å²) in [5, 5.41) is 3.65.